The Morgan fingerprint density at radius 2 is 1.70 bits per heavy atom. The molecular weight excluding hydrogens is 334 g/mol. The minimum absolute atomic E-state index is 0. The first-order valence-corrected chi connectivity index (χ1v) is 7.03. The maximum absolute atomic E-state index is 13.7. The van der Waals surface area contributed by atoms with Crippen molar-refractivity contribution in [3.05, 3.63) is 71.6 Å². The predicted octanol–water partition coefficient (Wildman–Crippen LogP) is 4.62. The van der Waals surface area contributed by atoms with E-state index < -0.39 is 0 Å². The summed E-state index contributed by atoms with van der Waals surface area (Å²) in [6.07, 6.45) is 3.69. The Morgan fingerprint density at radius 1 is 1.00 bits per heavy atom. The molecule has 0 amide bonds. The Kier molecular flexibility index (Phi) is 7.27. The van der Waals surface area contributed by atoms with E-state index in [9.17, 15) is 4.39 Å². The number of allylic oxidation sites excluding steroid dienone is 1. The first-order chi connectivity index (χ1) is 10.3. The number of hydrogen-bond donors (Lipinski definition) is 0. The lowest BCUT2D eigenvalue weighted by molar-refractivity contribution is 0.625. The number of anilines is 1. The van der Waals surface area contributed by atoms with Gasteiger partial charge in [0.1, 0.15) is 5.82 Å². The molecule has 0 saturated carbocycles. The second-order valence-electron chi connectivity index (χ2n) is 5.06. The van der Waals surface area contributed by atoms with E-state index in [1.165, 1.54) is 6.07 Å². The van der Waals surface area contributed by atoms with E-state index in [0.29, 0.717) is 5.56 Å². The van der Waals surface area contributed by atoms with Crippen LogP contribution in [-0.4, -0.2) is 25.8 Å². The summed E-state index contributed by atoms with van der Waals surface area (Å²) < 4.78 is 13.7. The fourth-order valence-electron chi connectivity index (χ4n) is 2.47. The average molecular weight is 353 g/mol. The number of hydrogen-bond acceptors (Lipinski definition) is 2. The van der Waals surface area contributed by atoms with Crippen LogP contribution in [0.4, 0.5) is 10.1 Å². The van der Waals surface area contributed by atoms with Gasteiger partial charge in [0, 0.05) is 30.4 Å². The zero-order valence-corrected chi connectivity index (χ0v) is 14.4. The number of benzodiazepines with no additional fused rings is 1. The van der Waals surface area contributed by atoms with Gasteiger partial charge in [0.15, 0.2) is 0 Å². The summed E-state index contributed by atoms with van der Waals surface area (Å²) in [6, 6.07) is 14.9. The first kappa shape index (κ1) is 19.2. The van der Waals surface area contributed by atoms with E-state index >= 15 is 0 Å². The molecule has 2 aromatic rings. The molecule has 0 spiro atoms. The largest absolute Gasteiger partial charge is 0.372 e. The van der Waals surface area contributed by atoms with E-state index in [1.807, 2.05) is 24.3 Å². The number of halogens is 3. The Balaban J connectivity index is 0.00000132. The SMILES string of the molecule is CN1CCN=C(C=Cc2ccccc2F)c2ccccc21.Cl.Cl. The zero-order valence-electron chi connectivity index (χ0n) is 12.8. The van der Waals surface area contributed by atoms with Crippen molar-refractivity contribution in [2.45, 2.75) is 0 Å². The van der Waals surface area contributed by atoms with Gasteiger partial charge in [-0.25, -0.2) is 4.39 Å². The Morgan fingerprint density at radius 3 is 2.48 bits per heavy atom. The lowest BCUT2D eigenvalue weighted by atomic mass is 10.1. The Bertz CT molecular complexity index is 714. The highest BCUT2D eigenvalue weighted by Gasteiger charge is 2.13. The van der Waals surface area contributed by atoms with Gasteiger partial charge in [0.2, 0.25) is 0 Å². The maximum Gasteiger partial charge on any atom is 0.130 e. The smallest absolute Gasteiger partial charge is 0.130 e. The van der Waals surface area contributed by atoms with Gasteiger partial charge in [-0.1, -0.05) is 36.4 Å². The molecule has 1 aliphatic heterocycles. The second-order valence-corrected chi connectivity index (χ2v) is 5.06. The third-order valence-electron chi connectivity index (χ3n) is 3.63. The molecule has 0 unspecified atom stereocenters. The molecule has 0 N–H and O–H groups in total. The van der Waals surface area contributed by atoms with Crippen LogP contribution in [0.1, 0.15) is 11.1 Å². The van der Waals surface area contributed by atoms with Crippen molar-refractivity contribution in [1.82, 2.24) is 0 Å². The standard InChI is InChI=1S/C18H17FN2.2ClH/c1-21-13-12-20-17(15-7-3-5-9-18(15)21)11-10-14-6-2-4-8-16(14)19;;/h2-11H,12-13H2,1H3;2*1H. The first-order valence-electron chi connectivity index (χ1n) is 7.03. The van der Waals surface area contributed by atoms with Gasteiger partial charge >= 0.3 is 0 Å². The van der Waals surface area contributed by atoms with Crippen molar-refractivity contribution in [2.75, 3.05) is 25.0 Å². The van der Waals surface area contributed by atoms with E-state index in [2.05, 4.69) is 29.1 Å². The Labute approximate surface area is 148 Å². The number of likely N-dealkylation sites (N-methyl/N-ethyl adjacent to an activating group) is 1. The quantitative estimate of drug-likeness (QED) is 0.769. The minimum atomic E-state index is -0.214. The van der Waals surface area contributed by atoms with Crippen LogP contribution >= 0.6 is 24.8 Å². The summed E-state index contributed by atoms with van der Waals surface area (Å²) >= 11 is 0. The molecule has 0 radical (unpaired) electrons. The number of nitrogens with zero attached hydrogens (tertiary/aromatic N) is 2. The molecule has 0 aliphatic carbocycles. The third-order valence-corrected chi connectivity index (χ3v) is 3.63. The van der Waals surface area contributed by atoms with Gasteiger partial charge < -0.3 is 4.90 Å². The van der Waals surface area contributed by atoms with Gasteiger partial charge in [-0.2, -0.15) is 0 Å². The third kappa shape index (κ3) is 4.34. The predicted molar refractivity (Wildman–Crippen MR) is 101 cm³/mol. The fraction of sp³-hybridized carbons (Fsp3) is 0.167. The Hall–Kier alpha value is -1.84. The number of para-hydroxylation sites is 1. The summed E-state index contributed by atoms with van der Waals surface area (Å²) in [4.78, 5) is 6.82. The number of aliphatic imine (C=N–C) groups is 1. The highest BCUT2D eigenvalue weighted by atomic mass is 35.5. The fourth-order valence-corrected chi connectivity index (χ4v) is 2.47. The summed E-state index contributed by atoms with van der Waals surface area (Å²) in [7, 11) is 2.07. The topological polar surface area (TPSA) is 15.6 Å². The summed E-state index contributed by atoms with van der Waals surface area (Å²) in [6.45, 7) is 1.62. The molecular formula is C18H19Cl2FN2. The van der Waals surface area contributed by atoms with E-state index in [1.54, 1.807) is 18.2 Å². The summed E-state index contributed by atoms with van der Waals surface area (Å²) in [5, 5.41) is 0. The van der Waals surface area contributed by atoms with Crippen molar-refractivity contribution >= 4 is 42.3 Å². The molecule has 2 aromatic carbocycles. The van der Waals surface area contributed by atoms with E-state index in [4.69, 9.17) is 0 Å². The van der Waals surface area contributed by atoms with Crippen LogP contribution in [0.2, 0.25) is 0 Å². The zero-order chi connectivity index (χ0) is 14.7. The van der Waals surface area contributed by atoms with E-state index in [-0.39, 0.29) is 30.6 Å². The number of rotatable bonds is 2. The van der Waals surface area contributed by atoms with Crippen molar-refractivity contribution in [1.29, 1.82) is 0 Å². The van der Waals surface area contributed by atoms with Crippen molar-refractivity contribution in [3.8, 4) is 0 Å². The molecule has 1 aliphatic rings. The van der Waals surface area contributed by atoms with Crippen LogP contribution in [0.5, 0.6) is 0 Å². The highest BCUT2D eigenvalue weighted by molar-refractivity contribution is 6.14. The van der Waals surface area contributed by atoms with Crippen molar-refractivity contribution < 1.29 is 4.39 Å². The van der Waals surface area contributed by atoms with Crippen LogP contribution < -0.4 is 4.90 Å². The average Bonchev–Trinajstić information content (AvgIpc) is 2.67. The molecule has 23 heavy (non-hydrogen) atoms. The maximum atomic E-state index is 13.7. The molecule has 3 rings (SSSR count). The van der Waals surface area contributed by atoms with Crippen LogP contribution in [0, 0.1) is 5.82 Å². The van der Waals surface area contributed by atoms with Gasteiger partial charge in [-0.3, -0.25) is 4.99 Å². The van der Waals surface area contributed by atoms with Crippen LogP contribution in [0.3, 0.4) is 0 Å². The van der Waals surface area contributed by atoms with Crippen LogP contribution in [-0.2, 0) is 0 Å². The lowest BCUT2D eigenvalue weighted by Gasteiger charge is -2.18. The second kappa shape index (κ2) is 8.70. The van der Waals surface area contributed by atoms with Crippen molar-refractivity contribution in [2.24, 2.45) is 4.99 Å². The number of benzene rings is 2. The monoisotopic (exact) mass is 352 g/mol. The summed E-state index contributed by atoms with van der Waals surface area (Å²) in [5.74, 6) is -0.214. The lowest BCUT2D eigenvalue weighted by Crippen LogP contribution is -2.20. The van der Waals surface area contributed by atoms with E-state index in [0.717, 1.165) is 30.1 Å². The van der Waals surface area contributed by atoms with Crippen molar-refractivity contribution in [3.63, 3.8) is 0 Å². The molecule has 0 saturated heterocycles. The molecule has 1 heterocycles. The molecule has 5 heteroatoms. The minimum Gasteiger partial charge on any atom is -0.372 e. The molecule has 0 bridgehead atoms. The van der Waals surface area contributed by atoms with Gasteiger partial charge in [-0.15, -0.1) is 24.8 Å². The molecule has 2 nitrogen and oxygen atoms in total. The highest BCUT2D eigenvalue weighted by Crippen LogP contribution is 2.23. The van der Waals surface area contributed by atoms with Gasteiger partial charge in [0.05, 0.1) is 12.3 Å². The van der Waals surface area contributed by atoms with Gasteiger partial charge in [0.25, 0.3) is 0 Å². The number of fused-ring (bicyclic) bond motifs is 1. The van der Waals surface area contributed by atoms with Crippen LogP contribution in [0.15, 0.2) is 59.6 Å². The van der Waals surface area contributed by atoms with Crippen LogP contribution in [0.25, 0.3) is 6.08 Å². The normalized spacial score (nSPS) is 13.5. The van der Waals surface area contributed by atoms with Gasteiger partial charge in [-0.05, 0) is 24.3 Å². The molecule has 0 aromatic heterocycles. The molecule has 0 fully saturated rings. The molecule has 122 valence electrons. The summed E-state index contributed by atoms with van der Waals surface area (Å²) in [5.41, 5.74) is 3.73. The molecule has 0 atom stereocenters.